The molecule has 0 aliphatic rings. The maximum atomic E-state index is 14.2. The highest BCUT2D eigenvalue weighted by Gasteiger charge is 2.73. The Morgan fingerprint density at radius 1 is 0.762 bits per heavy atom. The van der Waals surface area contributed by atoms with E-state index in [1.165, 1.54) is 24.3 Å². The zero-order valence-corrected chi connectivity index (χ0v) is 22.0. The van der Waals surface area contributed by atoms with Gasteiger partial charge in [0.1, 0.15) is 12.4 Å². The molecule has 3 rings (SSSR count). The van der Waals surface area contributed by atoms with Gasteiger partial charge in [-0.3, -0.25) is 0 Å². The van der Waals surface area contributed by atoms with Crippen LogP contribution in [0.3, 0.4) is 0 Å². The molecule has 0 aliphatic heterocycles. The van der Waals surface area contributed by atoms with E-state index in [4.69, 9.17) is 9.57 Å². The van der Waals surface area contributed by atoms with Crippen LogP contribution in [0.1, 0.15) is 36.5 Å². The fraction of sp³-hybridized carbons (Fsp3) is 0.357. The van der Waals surface area contributed by atoms with Crippen molar-refractivity contribution in [2.75, 3.05) is 11.6 Å². The smallest absolute Gasteiger partial charge is 0.460 e. The van der Waals surface area contributed by atoms with Crippen molar-refractivity contribution in [3.8, 4) is 11.5 Å². The highest BCUT2D eigenvalue weighted by atomic mass is 19.4. The van der Waals surface area contributed by atoms with Gasteiger partial charge in [-0.15, -0.1) is 0 Å². The number of ether oxygens (including phenoxy) is 1. The molecule has 0 aliphatic carbocycles. The van der Waals surface area contributed by atoms with Crippen molar-refractivity contribution in [3.63, 3.8) is 0 Å². The molecule has 0 fully saturated rings. The number of halogens is 10. The predicted octanol–water partition coefficient (Wildman–Crippen LogP) is 8.40. The molecule has 0 radical (unpaired) electrons. The number of hydrogen-bond acceptors (Lipinski definition) is 4. The van der Waals surface area contributed by atoms with Gasteiger partial charge in [0.05, 0.1) is 12.2 Å². The van der Waals surface area contributed by atoms with Crippen molar-refractivity contribution in [3.05, 3.63) is 89.5 Å². The maximum Gasteiger partial charge on any atom is 0.460 e. The molecule has 0 heterocycles. The van der Waals surface area contributed by atoms with Crippen LogP contribution in [0.15, 0.2) is 72.8 Å². The van der Waals surface area contributed by atoms with Crippen molar-refractivity contribution in [1.82, 2.24) is 0 Å². The summed E-state index contributed by atoms with van der Waals surface area (Å²) in [6, 6.07) is 14.6. The summed E-state index contributed by atoms with van der Waals surface area (Å²) in [5.74, 6) is -12.6. The number of alkyl halides is 10. The lowest BCUT2D eigenvalue weighted by atomic mass is 10.0. The van der Waals surface area contributed by atoms with Crippen LogP contribution in [0.2, 0.25) is 0 Å². The van der Waals surface area contributed by atoms with Crippen LogP contribution in [0.25, 0.3) is 0 Å². The number of hydrogen-bond donors (Lipinski definition) is 1. The van der Waals surface area contributed by atoms with Gasteiger partial charge >= 0.3 is 24.2 Å². The number of rotatable bonds is 11. The van der Waals surface area contributed by atoms with Crippen molar-refractivity contribution >= 4 is 5.69 Å². The summed E-state index contributed by atoms with van der Waals surface area (Å²) in [6.45, 7) is 2.75. The molecule has 1 atom stereocenters. The number of hydroxylamine groups is 1. The van der Waals surface area contributed by atoms with Crippen LogP contribution in [0.4, 0.5) is 49.6 Å². The molecule has 1 unspecified atom stereocenters. The molecule has 3 aromatic carbocycles. The third kappa shape index (κ3) is 7.58. The molecule has 0 aromatic heterocycles. The first-order valence-electron chi connectivity index (χ1n) is 12.3. The van der Waals surface area contributed by atoms with E-state index in [0.29, 0.717) is 17.0 Å². The monoisotopic (exact) mass is 613 g/mol. The Bertz CT molecular complexity index is 1320. The van der Waals surface area contributed by atoms with Gasteiger partial charge in [-0.25, -0.2) is 5.06 Å². The lowest BCUT2D eigenvalue weighted by molar-refractivity contribution is -0.359. The van der Waals surface area contributed by atoms with Gasteiger partial charge in [0, 0.05) is 11.6 Å². The van der Waals surface area contributed by atoms with Gasteiger partial charge < -0.3 is 14.7 Å². The second-order valence-electron chi connectivity index (χ2n) is 9.57. The quantitative estimate of drug-likeness (QED) is 0.174. The zero-order chi connectivity index (χ0) is 31.5. The Morgan fingerprint density at radius 2 is 1.36 bits per heavy atom. The largest absolute Gasteiger partial charge is 0.489 e. The lowest BCUT2D eigenvalue weighted by Gasteiger charge is -2.30. The van der Waals surface area contributed by atoms with Crippen LogP contribution in [-0.4, -0.2) is 36.0 Å². The second-order valence-corrected chi connectivity index (χ2v) is 9.57. The Morgan fingerprint density at radius 3 is 1.93 bits per heavy atom. The molecule has 0 bridgehead atoms. The number of aliphatic hydroxyl groups is 1. The predicted molar refractivity (Wildman–Crippen MR) is 133 cm³/mol. The Hall–Kier alpha value is -3.68. The summed E-state index contributed by atoms with van der Waals surface area (Å²) in [4.78, 5) is 5.21. The summed E-state index contributed by atoms with van der Waals surface area (Å²) < 4.78 is 139. The first-order valence-corrected chi connectivity index (χ1v) is 12.3. The van der Waals surface area contributed by atoms with Crippen LogP contribution >= 0.6 is 0 Å². The zero-order valence-electron chi connectivity index (χ0n) is 22.0. The molecular weight excluding hydrogens is 588 g/mol. The Kier molecular flexibility index (Phi) is 9.60. The van der Waals surface area contributed by atoms with Crippen molar-refractivity contribution < 1.29 is 58.6 Å². The topological polar surface area (TPSA) is 41.9 Å². The molecule has 230 valence electrons. The summed E-state index contributed by atoms with van der Waals surface area (Å²) in [5.41, 5.74) is -0.150. The van der Waals surface area contributed by atoms with E-state index in [9.17, 15) is 49.0 Å². The first-order chi connectivity index (χ1) is 19.3. The second kappa shape index (κ2) is 12.3. The van der Waals surface area contributed by atoms with Crippen molar-refractivity contribution in [2.24, 2.45) is 0 Å². The van der Waals surface area contributed by atoms with Gasteiger partial charge in [0.15, 0.2) is 11.9 Å². The number of aliphatic hydroxyl groups excluding tert-OH is 1. The molecule has 14 heteroatoms. The van der Waals surface area contributed by atoms with E-state index in [0.717, 1.165) is 17.2 Å². The van der Waals surface area contributed by atoms with Gasteiger partial charge in [0.25, 0.3) is 0 Å². The Labute approximate surface area is 234 Å². The van der Waals surface area contributed by atoms with E-state index in [1.54, 1.807) is 0 Å². The van der Waals surface area contributed by atoms with Crippen LogP contribution in [0, 0.1) is 0 Å². The third-order valence-electron chi connectivity index (χ3n) is 6.04. The SMILES string of the molecule is CC(C)c1ccc(COc2cccc(N(CC(O)C(F)(F)F)Oc3cccc(C(F)(F)C(F)(F)C(F)(F)F)c3)c2)cc1. The molecule has 4 nitrogen and oxygen atoms in total. The fourth-order valence-corrected chi connectivity index (χ4v) is 3.58. The van der Waals surface area contributed by atoms with Gasteiger partial charge in [-0.2, -0.15) is 43.9 Å². The van der Waals surface area contributed by atoms with E-state index < -0.39 is 48.2 Å². The highest BCUT2D eigenvalue weighted by molar-refractivity contribution is 5.50. The normalized spacial score (nSPS) is 13.7. The van der Waals surface area contributed by atoms with E-state index >= 15 is 0 Å². The maximum absolute atomic E-state index is 14.2. The third-order valence-corrected chi connectivity index (χ3v) is 6.04. The number of anilines is 1. The molecule has 1 N–H and O–H groups in total. The number of benzene rings is 3. The summed E-state index contributed by atoms with van der Waals surface area (Å²) in [5, 5.41) is 10.1. The molecule has 0 saturated heterocycles. The van der Waals surface area contributed by atoms with Gasteiger partial charge in [0.2, 0.25) is 0 Å². The lowest BCUT2D eigenvalue weighted by Crippen LogP contribution is -2.50. The van der Waals surface area contributed by atoms with Crippen molar-refractivity contribution in [1.29, 1.82) is 0 Å². The Balaban J connectivity index is 1.89. The molecular formula is C28H25F10NO3. The first kappa shape index (κ1) is 32.8. The summed E-state index contributed by atoms with van der Waals surface area (Å²) in [7, 11) is 0. The average molecular weight is 613 g/mol. The fourth-order valence-electron chi connectivity index (χ4n) is 3.58. The van der Waals surface area contributed by atoms with Crippen LogP contribution in [-0.2, 0) is 12.5 Å². The molecule has 0 saturated carbocycles. The highest BCUT2D eigenvalue weighted by Crippen LogP contribution is 2.52. The standard InChI is InChI=1S/C28H25F10NO3/c1-17(2)19-11-9-18(10-12-19)16-41-22-7-4-6-21(14-22)39(15-24(40)26(31,32)33)42-23-8-3-5-20(13-23)25(29,30)27(34,35)28(36,37)38/h3-14,17,24,40H,15-16H2,1-2H3. The average Bonchev–Trinajstić information content (AvgIpc) is 2.90. The van der Waals surface area contributed by atoms with E-state index in [1.807, 2.05) is 38.1 Å². The number of nitrogens with zero attached hydrogens (tertiary/aromatic N) is 1. The van der Waals surface area contributed by atoms with Crippen LogP contribution < -0.4 is 14.6 Å². The van der Waals surface area contributed by atoms with E-state index in [2.05, 4.69) is 0 Å². The molecule has 0 spiro atoms. The van der Waals surface area contributed by atoms with Crippen molar-refractivity contribution in [2.45, 2.75) is 56.7 Å². The minimum Gasteiger partial charge on any atom is -0.489 e. The molecule has 42 heavy (non-hydrogen) atoms. The van der Waals surface area contributed by atoms with Gasteiger partial charge in [-0.1, -0.05) is 56.3 Å². The summed E-state index contributed by atoms with van der Waals surface area (Å²) in [6.07, 6.45) is -14.8. The van der Waals surface area contributed by atoms with Gasteiger partial charge in [-0.05, 0) is 41.3 Å². The van der Waals surface area contributed by atoms with E-state index in [-0.39, 0.29) is 30.2 Å². The van der Waals surface area contributed by atoms with Crippen LogP contribution in [0.5, 0.6) is 11.5 Å². The minimum atomic E-state index is -6.60. The molecule has 0 amide bonds. The summed E-state index contributed by atoms with van der Waals surface area (Å²) >= 11 is 0. The minimum absolute atomic E-state index is 0.0540. The molecule has 3 aromatic rings.